The minimum atomic E-state index is -0.931. The van der Waals surface area contributed by atoms with Gasteiger partial charge in [0.15, 0.2) is 11.6 Å². The van der Waals surface area contributed by atoms with Gasteiger partial charge in [-0.3, -0.25) is 4.79 Å². The first-order chi connectivity index (χ1) is 15.3. The van der Waals surface area contributed by atoms with Gasteiger partial charge in [-0.25, -0.2) is 18.7 Å². The first-order valence-corrected chi connectivity index (χ1v) is 12.1. The summed E-state index contributed by atoms with van der Waals surface area (Å²) in [6, 6.07) is 3.90. The topological polar surface area (TPSA) is 61.4 Å². The minimum Gasteiger partial charge on any atom is -0.353 e. The molecule has 0 radical (unpaired) electrons. The molecule has 0 aliphatic carbocycles. The monoisotopic (exact) mass is 533 g/mol. The molecule has 2 unspecified atom stereocenters. The third-order valence-electron chi connectivity index (χ3n) is 6.09. The number of rotatable bonds is 6. The zero-order valence-electron chi connectivity index (χ0n) is 19.5. The number of benzene rings is 1. The quantitative estimate of drug-likeness (QED) is 0.596. The van der Waals surface area contributed by atoms with Gasteiger partial charge in [-0.15, -0.1) is 36.6 Å². The van der Waals surface area contributed by atoms with Gasteiger partial charge in [0, 0.05) is 55.3 Å². The van der Waals surface area contributed by atoms with Crippen molar-refractivity contribution in [3.05, 3.63) is 53.0 Å². The molecule has 11 heteroatoms. The van der Waals surface area contributed by atoms with Crippen molar-refractivity contribution in [2.45, 2.75) is 43.7 Å². The lowest BCUT2D eigenvalue weighted by molar-refractivity contribution is -0.133. The number of nitrogens with zero attached hydrogens (tertiary/aromatic N) is 4. The molecule has 1 aromatic carbocycles. The molecule has 0 spiro atoms. The first-order valence-electron chi connectivity index (χ1n) is 11.0. The number of halogens is 4. The van der Waals surface area contributed by atoms with Crippen LogP contribution >= 0.6 is 36.6 Å². The summed E-state index contributed by atoms with van der Waals surface area (Å²) in [6.07, 6.45) is 1.63. The van der Waals surface area contributed by atoms with E-state index >= 15 is 0 Å². The maximum atomic E-state index is 13.9. The molecular weight excluding hydrogens is 503 g/mol. The Morgan fingerprint density at radius 2 is 1.85 bits per heavy atom. The van der Waals surface area contributed by atoms with Crippen molar-refractivity contribution in [2.24, 2.45) is 0 Å². The van der Waals surface area contributed by atoms with E-state index in [4.69, 9.17) is 0 Å². The third-order valence-corrected chi connectivity index (χ3v) is 7.26. The van der Waals surface area contributed by atoms with Crippen LogP contribution in [0.1, 0.15) is 48.8 Å². The van der Waals surface area contributed by atoms with E-state index in [-0.39, 0.29) is 36.8 Å². The molecule has 4 rings (SSSR count). The second-order valence-corrected chi connectivity index (χ2v) is 9.94. The minimum absolute atomic E-state index is 0. The van der Waals surface area contributed by atoms with Gasteiger partial charge in [-0.1, -0.05) is 19.9 Å². The summed E-state index contributed by atoms with van der Waals surface area (Å²) in [6.45, 7) is 8.99. The van der Waals surface area contributed by atoms with Crippen LogP contribution in [-0.4, -0.2) is 59.5 Å². The lowest BCUT2D eigenvalue weighted by atomic mass is 9.96. The predicted molar refractivity (Wildman–Crippen MR) is 137 cm³/mol. The summed E-state index contributed by atoms with van der Waals surface area (Å²) >= 11 is 1.86. The Hall–Kier alpha value is -1.68. The second-order valence-electron chi connectivity index (χ2n) is 8.61. The zero-order valence-corrected chi connectivity index (χ0v) is 21.9. The van der Waals surface area contributed by atoms with Gasteiger partial charge in [0.2, 0.25) is 5.91 Å². The number of hydrogen-bond acceptors (Lipinski definition) is 6. The smallest absolute Gasteiger partial charge is 0.231 e. The number of fused-ring (bicyclic) bond motifs is 1. The highest BCUT2D eigenvalue weighted by molar-refractivity contribution is 7.99. The molecular formula is C23H31Cl2F2N5OS. The van der Waals surface area contributed by atoms with Crippen molar-refractivity contribution in [3.63, 3.8) is 0 Å². The van der Waals surface area contributed by atoms with E-state index in [1.165, 1.54) is 11.6 Å². The normalized spacial score (nSPS) is 18.2. The van der Waals surface area contributed by atoms with E-state index in [9.17, 15) is 13.6 Å². The van der Waals surface area contributed by atoms with Crippen molar-refractivity contribution in [2.75, 3.05) is 37.6 Å². The van der Waals surface area contributed by atoms with E-state index in [0.717, 1.165) is 29.4 Å². The molecule has 1 amide bonds. The predicted octanol–water partition coefficient (Wildman–Crippen LogP) is 4.34. The van der Waals surface area contributed by atoms with E-state index in [1.807, 2.05) is 30.5 Å². The largest absolute Gasteiger partial charge is 0.353 e. The van der Waals surface area contributed by atoms with Crippen LogP contribution in [-0.2, 0) is 10.5 Å². The van der Waals surface area contributed by atoms with Crippen LogP contribution in [0, 0.1) is 11.6 Å². The highest BCUT2D eigenvalue weighted by Crippen LogP contribution is 2.44. The summed E-state index contributed by atoms with van der Waals surface area (Å²) < 4.78 is 27.3. The SMILES string of the molecule is CC(C)NCC(C(=O)N1CCN(c2ncnc3c2C(C)SC3)CC1)c1ccc(F)c(F)c1.Cl.Cl. The summed E-state index contributed by atoms with van der Waals surface area (Å²) in [7, 11) is 0. The molecule has 1 aromatic heterocycles. The standard InChI is InChI=1S/C23H29F2N5OS.2ClH/c1-14(2)26-11-17(16-4-5-18(24)19(25)10-16)23(31)30-8-6-29(7-9-30)22-21-15(3)32-12-20(21)27-13-28-22;;/h4-5,10,13-15,17,26H,6-9,11-12H2,1-3H3;2*1H. The molecule has 2 aromatic rings. The highest BCUT2D eigenvalue weighted by Gasteiger charge is 2.32. The maximum Gasteiger partial charge on any atom is 0.231 e. The molecule has 2 aliphatic heterocycles. The van der Waals surface area contributed by atoms with Gasteiger partial charge in [0.1, 0.15) is 12.1 Å². The number of hydrogen-bond donors (Lipinski definition) is 1. The van der Waals surface area contributed by atoms with Crippen molar-refractivity contribution in [3.8, 4) is 0 Å². The van der Waals surface area contributed by atoms with E-state index < -0.39 is 17.6 Å². The number of carbonyl (C=O) groups excluding carboxylic acids is 1. The Morgan fingerprint density at radius 3 is 2.50 bits per heavy atom. The van der Waals surface area contributed by atoms with Crippen molar-refractivity contribution in [1.82, 2.24) is 20.2 Å². The number of aromatic nitrogens is 2. The molecule has 2 atom stereocenters. The number of piperazine rings is 1. The molecule has 2 aliphatic rings. The number of amides is 1. The lowest BCUT2D eigenvalue weighted by Crippen LogP contribution is -2.51. The van der Waals surface area contributed by atoms with E-state index in [2.05, 4.69) is 27.1 Å². The van der Waals surface area contributed by atoms with Gasteiger partial charge in [0.05, 0.1) is 11.6 Å². The van der Waals surface area contributed by atoms with E-state index in [0.29, 0.717) is 43.5 Å². The summed E-state index contributed by atoms with van der Waals surface area (Å²) in [5, 5.41) is 3.63. The number of thioether (sulfide) groups is 1. The van der Waals surface area contributed by atoms with Gasteiger partial charge in [-0.05, 0) is 24.6 Å². The molecule has 1 N–H and O–H groups in total. The first kappa shape index (κ1) is 28.6. The van der Waals surface area contributed by atoms with Crippen LogP contribution in [0.2, 0.25) is 0 Å². The third kappa shape index (κ3) is 6.11. The Kier molecular flexibility index (Phi) is 10.4. The average Bonchev–Trinajstić information content (AvgIpc) is 3.17. The fraction of sp³-hybridized carbons (Fsp3) is 0.522. The van der Waals surface area contributed by atoms with Crippen molar-refractivity contribution >= 4 is 48.3 Å². The van der Waals surface area contributed by atoms with Crippen LogP contribution in [0.3, 0.4) is 0 Å². The van der Waals surface area contributed by atoms with Crippen LogP contribution in [0.15, 0.2) is 24.5 Å². The summed E-state index contributed by atoms with van der Waals surface area (Å²) in [4.78, 5) is 26.4. The summed E-state index contributed by atoms with van der Waals surface area (Å²) in [5.41, 5.74) is 2.80. The molecule has 0 saturated carbocycles. The second kappa shape index (κ2) is 12.3. The Balaban J connectivity index is 0.00000204. The molecule has 6 nitrogen and oxygen atoms in total. The molecule has 0 bridgehead atoms. The van der Waals surface area contributed by atoms with Gasteiger partial charge < -0.3 is 15.1 Å². The number of carbonyl (C=O) groups is 1. The van der Waals surface area contributed by atoms with Gasteiger partial charge in [0.25, 0.3) is 0 Å². The molecule has 188 valence electrons. The van der Waals surface area contributed by atoms with Gasteiger partial charge >= 0.3 is 0 Å². The fourth-order valence-corrected chi connectivity index (χ4v) is 5.33. The van der Waals surface area contributed by atoms with Crippen molar-refractivity contribution < 1.29 is 13.6 Å². The summed E-state index contributed by atoms with van der Waals surface area (Å²) in [5.74, 6) is -0.601. The molecule has 1 saturated heterocycles. The van der Waals surface area contributed by atoms with Gasteiger partial charge in [-0.2, -0.15) is 0 Å². The fourth-order valence-electron chi connectivity index (χ4n) is 4.28. The van der Waals surface area contributed by atoms with Crippen molar-refractivity contribution in [1.29, 1.82) is 0 Å². The van der Waals surface area contributed by atoms with Crippen LogP contribution < -0.4 is 10.2 Å². The molecule has 3 heterocycles. The van der Waals surface area contributed by atoms with Crippen LogP contribution in [0.25, 0.3) is 0 Å². The maximum absolute atomic E-state index is 13.9. The molecule has 34 heavy (non-hydrogen) atoms. The van der Waals surface area contributed by atoms with E-state index in [1.54, 1.807) is 6.33 Å². The molecule has 1 fully saturated rings. The zero-order chi connectivity index (χ0) is 22.8. The Morgan fingerprint density at radius 1 is 1.15 bits per heavy atom. The lowest BCUT2D eigenvalue weighted by Gasteiger charge is -2.38. The Bertz CT molecular complexity index is 992. The highest BCUT2D eigenvalue weighted by atomic mass is 35.5. The number of nitrogens with one attached hydrogen (secondary N) is 1. The Labute approximate surface area is 216 Å². The average molecular weight is 535 g/mol. The van der Waals surface area contributed by atoms with Crippen LogP contribution in [0.4, 0.5) is 14.6 Å². The number of anilines is 1. The van der Waals surface area contributed by atoms with Crippen LogP contribution in [0.5, 0.6) is 0 Å².